The Morgan fingerprint density at radius 1 is 1.18 bits per heavy atom. The second-order valence-corrected chi connectivity index (χ2v) is 4.61. The largest absolute Gasteiger partial charge is 0.362 e. The number of benzene rings is 1. The van der Waals surface area contributed by atoms with Gasteiger partial charge in [-0.15, -0.1) is 0 Å². The van der Waals surface area contributed by atoms with Gasteiger partial charge in [0.2, 0.25) is 0 Å². The van der Waals surface area contributed by atoms with Crippen LogP contribution in [0.3, 0.4) is 0 Å². The summed E-state index contributed by atoms with van der Waals surface area (Å²) < 4.78 is 13.9. The highest BCUT2D eigenvalue weighted by Gasteiger charge is 2.23. The van der Waals surface area contributed by atoms with Crippen LogP contribution in [-0.2, 0) is 6.54 Å². The lowest BCUT2D eigenvalue weighted by Gasteiger charge is -2.34. The van der Waals surface area contributed by atoms with E-state index in [1.807, 2.05) is 45.0 Å². The molecule has 1 atom stereocenters. The molecular formula is C15H18FN. The van der Waals surface area contributed by atoms with Crippen molar-refractivity contribution >= 4 is 0 Å². The van der Waals surface area contributed by atoms with Crippen LogP contribution in [0.15, 0.2) is 53.5 Å². The van der Waals surface area contributed by atoms with Gasteiger partial charge >= 0.3 is 0 Å². The normalized spacial score (nSPS) is 20.6. The van der Waals surface area contributed by atoms with Gasteiger partial charge in [-0.2, -0.15) is 0 Å². The molecule has 0 saturated heterocycles. The minimum Gasteiger partial charge on any atom is -0.362 e. The molecule has 1 nitrogen and oxygen atoms in total. The molecule has 0 bridgehead atoms. The molecule has 1 aromatic carbocycles. The second kappa shape index (κ2) is 4.74. The lowest BCUT2D eigenvalue weighted by atomic mass is 10.0. The molecule has 2 heteroatoms. The maximum absolute atomic E-state index is 13.9. The lowest BCUT2D eigenvalue weighted by molar-refractivity contribution is 0.251. The van der Waals surface area contributed by atoms with Gasteiger partial charge in [-0.05, 0) is 38.0 Å². The minimum atomic E-state index is -0.166. The van der Waals surface area contributed by atoms with Crippen molar-refractivity contribution < 1.29 is 4.39 Å². The Balaban J connectivity index is 2.21. The third-order valence-electron chi connectivity index (χ3n) is 3.29. The van der Waals surface area contributed by atoms with Crippen molar-refractivity contribution in [2.75, 3.05) is 0 Å². The van der Waals surface area contributed by atoms with Gasteiger partial charge in [0.05, 0.1) is 6.04 Å². The summed E-state index contributed by atoms with van der Waals surface area (Å²) in [5.41, 5.74) is 3.08. The van der Waals surface area contributed by atoms with Gasteiger partial charge in [-0.3, -0.25) is 0 Å². The summed E-state index contributed by atoms with van der Waals surface area (Å²) in [5.74, 6) is -0.0217. The van der Waals surface area contributed by atoms with Gasteiger partial charge in [0, 0.05) is 12.2 Å². The quantitative estimate of drug-likeness (QED) is 0.742. The zero-order valence-corrected chi connectivity index (χ0v) is 10.6. The Labute approximate surface area is 102 Å². The molecule has 2 rings (SSSR count). The molecule has 1 heterocycles. The summed E-state index contributed by atoms with van der Waals surface area (Å²) >= 11 is 0. The summed E-state index contributed by atoms with van der Waals surface area (Å²) in [4.78, 5) is 2.09. The number of hydrogen-bond donors (Lipinski definition) is 0. The Bertz CT molecular complexity index is 459. The van der Waals surface area contributed by atoms with Crippen LogP contribution >= 0.6 is 0 Å². The fraction of sp³-hybridized carbons (Fsp3) is 0.333. The van der Waals surface area contributed by atoms with E-state index in [4.69, 9.17) is 0 Å². The van der Waals surface area contributed by atoms with Crippen LogP contribution in [-0.4, -0.2) is 10.9 Å². The Hall–Kier alpha value is -1.57. The Kier molecular flexibility index (Phi) is 3.32. The zero-order chi connectivity index (χ0) is 12.4. The van der Waals surface area contributed by atoms with Gasteiger partial charge < -0.3 is 4.90 Å². The van der Waals surface area contributed by atoms with Gasteiger partial charge in [0.15, 0.2) is 0 Å². The monoisotopic (exact) mass is 231 g/mol. The van der Waals surface area contributed by atoms with Gasteiger partial charge in [-0.25, -0.2) is 4.39 Å². The average molecular weight is 231 g/mol. The van der Waals surface area contributed by atoms with Crippen LogP contribution in [0.1, 0.15) is 26.3 Å². The molecule has 0 saturated carbocycles. The maximum Gasteiger partial charge on any atom is 0.125 e. The van der Waals surface area contributed by atoms with E-state index in [0.29, 0.717) is 0 Å². The molecule has 1 unspecified atom stereocenters. The summed E-state index contributed by atoms with van der Waals surface area (Å²) in [6, 6.07) is 10.0. The SMILES string of the molecule is CC1=CC(C)=C(F)C(C)N1Cc1ccccc1. The molecule has 17 heavy (non-hydrogen) atoms. The molecular weight excluding hydrogens is 213 g/mol. The van der Waals surface area contributed by atoms with E-state index in [2.05, 4.69) is 17.0 Å². The molecule has 0 amide bonds. The van der Waals surface area contributed by atoms with Crippen LogP contribution in [0.5, 0.6) is 0 Å². The van der Waals surface area contributed by atoms with Crippen molar-refractivity contribution in [2.24, 2.45) is 0 Å². The maximum atomic E-state index is 13.9. The zero-order valence-electron chi connectivity index (χ0n) is 10.6. The highest BCUT2D eigenvalue weighted by Crippen LogP contribution is 2.28. The van der Waals surface area contributed by atoms with Crippen LogP contribution in [0.25, 0.3) is 0 Å². The van der Waals surface area contributed by atoms with E-state index in [1.165, 1.54) is 5.56 Å². The molecule has 1 aliphatic heterocycles. The smallest absolute Gasteiger partial charge is 0.125 e. The molecule has 1 aromatic rings. The molecule has 0 fully saturated rings. The van der Waals surface area contributed by atoms with E-state index in [-0.39, 0.29) is 11.9 Å². The molecule has 90 valence electrons. The second-order valence-electron chi connectivity index (χ2n) is 4.61. The van der Waals surface area contributed by atoms with Crippen molar-refractivity contribution in [1.82, 2.24) is 4.90 Å². The van der Waals surface area contributed by atoms with Gasteiger partial charge in [-0.1, -0.05) is 30.3 Å². The summed E-state index contributed by atoms with van der Waals surface area (Å²) in [7, 11) is 0. The topological polar surface area (TPSA) is 3.24 Å². The number of rotatable bonds is 2. The van der Waals surface area contributed by atoms with Crippen LogP contribution in [0, 0.1) is 0 Å². The summed E-state index contributed by atoms with van der Waals surface area (Å²) in [6.45, 7) is 6.54. The van der Waals surface area contributed by atoms with Gasteiger partial charge in [0.25, 0.3) is 0 Å². The third-order valence-corrected chi connectivity index (χ3v) is 3.29. The fourth-order valence-corrected chi connectivity index (χ4v) is 2.28. The van der Waals surface area contributed by atoms with Crippen molar-refractivity contribution in [3.8, 4) is 0 Å². The van der Waals surface area contributed by atoms with Crippen molar-refractivity contribution in [1.29, 1.82) is 0 Å². The first-order valence-corrected chi connectivity index (χ1v) is 5.94. The van der Waals surface area contributed by atoms with Gasteiger partial charge in [0.1, 0.15) is 5.83 Å². The highest BCUT2D eigenvalue weighted by atomic mass is 19.1. The van der Waals surface area contributed by atoms with Crippen molar-refractivity contribution in [3.05, 3.63) is 59.1 Å². The highest BCUT2D eigenvalue weighted by molar-refractivity contribution is 5.31. The first-order valence-electron chi connectivity index (χ1n) is 5.94. The average Bonchev–Trinajstić information content (AvgIpc) is 2.33. The first kappa shape index (κ1) is 11.9. The van der Waals surface area contributed by atoms with Crippen LogP contribution in [0.2, 0.25) is 0 Å². The number of nitrogens with zero attached hydrogens (tertiary/aromatic N) is 1. The molecule has 0 radical (unpaired) electrons. The number of halogens is 1. The minimum absolute atomic E-state index is 0.0217. The summed E-state index contributed by atoms with van der Waals surface area (Å²) in [5, 5.41) is 0. The van der Waals surface area contributed by atoms with E-state index in [1.54, 1.807) is 0 Å². The Morgan fingerprint density at radius 3 is 2.47 bits per heavy atom. The standard InChI is InChI=1S/C15H18FN/c1-11-9-12(2)17(13(3)15(11)16)10-14-7-5-4-6-8-14/h4-9,13H,10H2,1-3H3. The third kappa shape index (κ3) is 2.41. The first-order chi connectivity index (χ1) is 8.09. The fourth-order valence-electron chi connectivity index (χ4n) is 2.28. The molecule has 0 aromatic heterocycles. The van der Waals surface area contributed by atoms with Crippen molar-refractivity contribution in [3.63, 3.8) is 0 Å². The number of allylic oxidation sites excluding steroid dienone is 3. The van der Waals surface area contributed by atoms with Crippen LogP contribution < -0.4 is 0 Å². The predicted octanol–water partition coefficient (Wildman–Crippen LogP) is 4.04. The molecule has 0 aliphatic carbocycles. The van der Waals surface area contributed by atoms with E-state index < -0.39 is 0 Å². The van der Waals surface area contributed by atoms with E-state index in [0.717, 1.165) is 17.8 Å². The molecule has 0 spiro atoms. The Morgan fingerprint density at radius 2 is 1.82 bits per heavy atom. The van der Waals surface area contributed by atoms with Crippen LogP contribution in [0.4, 0.5) is 4.39 Å². The molecule has 0 N–H and O–H groups in total. The van der Waals surface area contributed by atoms with Crippen molar-refractivity contribution in [2.45, 2.75) is 33.4 Å². The lowest BCUT2D eigenvalue weighted by Crippen LogP contribution is -2.34. The number of hydrogen-bond acceptors (Lipinski definition) is 1. The van der Waals surface area contributed by atoms with E-state index >= 15 is 0 Å². The predicted molar refractivity (Wildman–Crippen MR) is 69.0 cm³/mol. The molecule has 1 aliphatic rings. The summed E-state index contributed by atoms with van der Waals surface area (Å²) in [6.07, 6.45) is 1.91. The van der Waals surface area contributed by atoms with E-state index in [9.17, 15) is 4.39 Å².